The molecule has 0 atom stereocenters. The van der Waals surface area contributed by atoms with Gasteiger partial charge in [-0.25, -0.2) is 0 Å². The molecule has 0 spiro atoms. The number of rotatable bonds is 7. The summed E-state index contributed by atoms with van der Waals surface area (Å²) in [6.45, 7) is 25.3. The summed E-state index contributed by atoms with van der Waals surface area (Å²) < 4.78 is 2.55. The van der Waals surface area contributed by atoms with E-state index >= 15 is 0 Å². The van der Waals surface area contributed by atoms with Crippen LogP contribution in [0.4, 0.5) is 34.1 Å². The molecule has 2 aliphatic rings. The number of hydrogen-bond donors (Lipinski definition) is 0. The average molecular weight is 1010 g/mol. The molecule has 3 nitrogen and oxygen atoms in total. The van der Waals surface area contributed by atoms with Crippen molar-refractivity contribution in [3.8, 4) is 27.9 Å². The van der Waals surface area contributed by atoms with E-state index in [1.165, 1.54) is 161 Å². The van der Waals surface area contributed by atoms with Gasteiger partial charge in [0.2, 0.25) is 0 Å². The lowest BCUT2D eigenvalue weighted by molar-refractivity contribution is 0.661. The van der Waals surface area contributed by atoms with E-state index in [0.29, 0.717) is 0 Å². The van der Waals surface area contributed by atoms with Crippen LogP contribution in [0.15, 0.2) is 194 Å². The maximum atomic E-state index is 2.57. The Morgan fingerprint density at radius 1 is 0.308 bits per heavy atom. The molecule has 1 heterocycles. The molecule has 3 heteroatoms. The molecule has 0 saturated carbocycles. The number of fused-ring (bicyclic) bond motifs is 13. The summed E-state index contributed by atoms with van der Waals surface area (Å²) in [7, 11) is 0. The number of benzene rings is 11. The van der Waals surface area contributed by atoms with Gasteiger partial charge in [0.1, 0.15) is 0 Å². The van der Waals surface area contributed by atoms with Crippen molar-refractivity contribution in [1.29, 1.82) is 0 Å². The van der Waals surface area contributed by atoms with Gasteiger partial charge in [-0.3, -0.25) is 0 Å². The number of hydrogen-bond acceptors (Lipinski definition) is 2. The van der Waals surface area contributed by atoms with Crippen LogP contribution in [0.1, 0.15) is 88.9 Å². The predicted octanol–water partition coefficient (Wildman–Crippen LogP) is 20.8. The summed E-state index contributed by atoms with van der Waals surface area (Å²) >= 11 is 0. The van der Waals surface area contributed by atoms with Crippen molar-refractivity contribution >= 4 is 77.5 Å². The van der Waals surface area contributed by atoms with E-state index in [2.05, 4.69) is 285 Å². The van der Waals surface area contributed by atoms with E-state index in [0.717, 1.165) is 5.69 Å². The van der Waals surface area contributed by atoms with E-state index in [-0.39, 0.29) is 10.8 Å². The van der Waals surface area contributed by atoms with Crippen LogP contribution in [0.2, 0.25) is 0 Å². The number of nitrogens with zero attached hydrogens (tertiary/aromatic N) is 3. The van der Waals surface area contributed by atoms with E-state index in [1.807, 2.05) is 0 Å². The van der Waals surface area contributed by atoms with Gasteiger partial charge in [-0.2, -0.15) is 0 Å². The molecule has 1 aromatic heterocycles. The standard InChI is InChI=1S/C75H65N3/c1-44-25-30-52(31-26-44)76(65-32-27-45(2)35-48(65)5)68-42-63-72(55-23-17-15-21-53(55)68)59-38-57-58-39-60-62(41-71(58)77(51-19-13-12-14-20-51)70(57)40-61(59)74(63,8)9)75(10,11)64-43-69(54-22-16-18-24-56(54)73(60)64)78(66-33-28-46(3)36-49(66)6)67-34-29-47(4)37-50(67)7/h12-43H,1-11H3. The van der Waals surface area contributed by atoms with Gasteiger partial charge >= 0.3 is 0 Å². The molecule has 0 unspecified atom stereocenters. The third-order valence-electron chi connectivity index (χ3n) is 17.9. The molecule has 0 fully saturated rings. The van der Waals surface area contributed by atoms with Crippen molar-refractivity contribution in [3.63, 3.8) is 0 Å². The molecule has 0 amide bonds. The highest BCUT2D eigenvalue weighted by Crippen LogP contribution is 2.59. The second-order valence-corrected chi connectivity index (χ2v) is 23.9. The van der Waals surface area contributed by atoms with Gasteiger partial charge in [0.15, 0.2) is 0 Å². The second kappa shape index (κ2) is 17.2. The quantitative estimate of drug-likeness (QED) is 0.158. The molecule has 2 aliphatic carbocycles. The molecule has 0 saturated heterocycles. The van der Waals surface area contributed by atoms with Crippen molar-refractivity contribution in [1.82, 2.24) is 4.57 Å². The Labute approximate surface area is 459 Å². The van der Waals surface area contributed by atoms with Gasteiger partial charge < -0.3 is 14.4 Å². The van der Waals surface area contributed by atoms with Crippen molar-refractivity contribution in [3.05, 3.63) is 255 Å². The molecular formula is C75H65N3. The van der Waals surface area contributed by atoms with E-state index in [4.69, 9.17) is 0 Å². The molecular weight excluding hydrogens is 943 g/mol. The fraction of sp³-hybridized carbons (Fsp3) is 0.173. The molecule has 0 aliphatic heterocycles. The molecule has 11 aromatic carbocycles. The van der Waals surface area contributed by atoms with Crippen LogP contribution in [-0.4, -0.2) is 4.57 Å². The fourth-order valence-corrected chi connectivity index (χ4v) is 14.0. The predicted molar refractivity (Wildman–Crippen MR) is 333 cm³/mol. The van der Waals surface area contributed by atoms with E-state index < -0.39 is 0 Å². The highest BCUT2D eigenvalue weighted by atomic mass is 15.2. The van der Waals surface area contributed by atoms with Crippen LogP contribution in [0.3, 0.4) is 0 Å². The maximum Gasteiger partial charge on any atom is 0.0544 e. The van der Waals surface area contributed by atoms with E-state index in [9.17, 15) is 0 Å². The molecule has 0 bridgehead atoms. The first kappa shape index (κ1) is 47.8. The van der Waals surface area contributed by atoms with Gasteiger partial charge in [0.25, 0.3) is 0 Å². The molecule has 0 radical (unpaired) electrons. The lowest BCUT2D eigenvalue weighted by Crippen LogP contribution is -2.18. The smallest absolute Gasteiger partial charge is 0.0544 e. The highest BCUT2D eigenvalue weighted by Gasteiger charge is 2.42. The van der Waals surface area contributed by atoms with Crippen LogP contribution in [-0.2, 0) is 10.8 Å². The summed E-state index contributed by atoms with van der Waals surface area (Å²) in [5.41, 5.74) is 29.7. The zero-order valence-electron chi connectivity index (χ0n) is 46.8. The van der Waals surface area contributed by atoms with Crippen LogP contribution >= 0.6 is 0 Å². The van der Waals surface area contributed by atoms with Crippen LogP contribution in [0.5, 0.6) is 0 Å². The Kier molecular flexibility index (Phi) is 10.5. The Bertz CT molecular complexity index is 4460. The zero-order valence-corrected chi connectivity index (χ0v) is 46.8. The lowest BCUT2D eigenvalue weighted by atomic mass is 9.81. The summed E-state index contributed by atoms with van der Waals surface area (Å²) in [4.78, 5) is 5.04. The first-order valence-electron chi connectivity index (χ1n) is 27.8. The summed E-state index contributed by atoms with van der Waals surface area (Å²) in [5, 5.41) is 7.58. The molecule has 0 N–H and O–H groups in total. The number of aromatic nitrogens is 1. The average Bonchev–Trinajstić information content (AvgIpc) is 4.01. The van der Waals surface area contributed by atoms with Crippen molar-refractivity contribution in [2.75, 3.05) is 9.80 Å². The van der Waals surface area contributed by atoms with Crippen molar-refractivity contribution < 1.29 is 0 Å². The SMILES string of the molecule is Cc1ccc(N(c2ccc(C)cc2C)c2cc3c(c4ccccc24)-c2cc4c5cc6c(cc5n(-c5ccccc5)c4cc2C3(C)C)C(C)(C)c2cc(N(c3ccc(C)cc3C)c3ccc(C)cc3C)c3ccccc3c2-6)cc1. The number of anilines is 6. The number of para-hydroxylation sites is 1. The normalized spacial score (nSPS) is 13.8. The summed E-state index contributed by atoms with van der Waals surface area (Å²) in [5.74, 6) is 0. The van der Waals surface area contributed by atoms with Crippen molar-refractivity contribution in [2.45, 2.75) is 87.0 Å². The minimum atomic E-state index is -0.311. The van der Waals surface area contributed by atoms with Crippen LogP contribution in [0.25, 0.3) is 71.3 Å². The Morgan fingerprint density at radius 3 is 1.13 bits per heavy atom. The van der Waals surface area contributed by atoms with Crippen molar-refractivity contribution in [2.24, 2.45) is 0 Å². The largest absolute Gasteiger partial charge is 0.310 e. The monoisotopic (exact) mass is 1010 g/mol. The Balaban J connectivity index is 1.03. The minimum Gasteiger partial charge on any atom is -0.310 e. The number of aryl methyl sites for hydroxylation is 7. The molecule has 14 rings (SSSR count). The second-order valence-electron chi connectivity index (χ2n) is 23.9. The zero-order chi connectivity index (χ0) is 53.7. The molecule has 12 aromatic rings. The Hall–Kier alpha value is -8.66. The first-order chi connectivity index (χ1) is 37.6. The Morgan fingerprint density at radius 2 is 0.692 bits per heavy atom. The van der Waals surface area contributed by atoms with Crippen LogP contribution < -0.4 is 9.80 Å². The van der Waals surface area contributed by atoms with Gasteiger partial charge in [0, 0.05) is 60.8 Å². The topological polar surface area (TPSA) is 11.4 Å². The third kappa shape index (κ3) is 6.96. The van der Waals surface area contributed by atoms with Gasteiger partial charge in [-0.15, -0.1) is 0 Å². The van der Waals surface area contributed by atoms with Gasteiger partial charge in [-0.05, 0) is 199 Å². The molecule has 380 valence electrons. The third-order valence-corrected chi connectivity index (χ3v) is 17.9. The lowest BCUT2D eigenvalue weighted by Gasteiger charge is -2.32. The highest BCUT2D eigenvalue weighted by molar-refractivity contribution is 6.18. The maximum absolute atomic E-state index is 2.57. The van der Waals surface area contributed by atoms with Gasteiger partial charge in [0.05, 0.1) is 22.4 Å². The fourth-order valence-electron chi connectivity index (χ4n) is 14.0. The molecule has 78 heavy (non-hydrogen) atoms. The summed E-state index contributed by atoms with van der Waals surface area (Å²) in [6.07, 6.45) is 0. The van der Waals surface area contributed by atoms with E-state index in [1.54, 1.807) is 0 Å². The van der Waals surface area contributed by atoms with Gasteiger partial charge in [-0.1, -0.05) is 165 Å². The minimum absolute atomic E-state index is 0.307. The first-order valence-corrected chi connectivity index (χ1v) is 27.8. The van der Waals surface area contributed by atoms with Crippen LogP contribution in [0, 0.1) is 48.5 Å². The summed E-state index contributed by atoms with van der Waals surface area (Å²) in [6, 6.07) is 74.3.